The number of pyridine rings is 1. The second kappa shape index (κ2) is 10.9. The Hall–Kier alpha value is -2.26. The van der Waals surface area contributed by atoms with Gasteiger partial charge in [-0.05, 0) is 44.5 Å². The van der Waals surface area contributed by atoms with Gasteiger partial charge < -0.3 is 20.0 Å². The van der Waals surface area contributed by atoms with Crippen LogP contribution >= 0.6 is 11.3 Å². The Morgan fingerprint density at radius 3 is 2.71 bits per heavy atom. The van der Waals surface area contributed by atoms with Crippen LogP contribution in [0.4, 0.5) is 5.13 Å². The van der Waals surface area contributed by atoms with Crippen molar-refractivity contribution >= 4 is 38.6 Å². The highest BCUT2D eigenvalue weighted by molar-refractivity contribution is 7.21. The molecule has 4 heterocycles. The number of likely N-dealkylation sites (tertiary alicyclic amines) is 1. The molecule has 8 nitrogen and oxygen atoms in total. The molecule has 0 radical (unpaired) electrons. The number of rotatable bonds is 7. The SMILES string of the molecule is O=C(CCC(=O)N1CCCN(c2nc3cccnc3s2)CC1)NCCN1CCCCC1. The van der Waals surface area contributed by atoms with Crippen LogP contribution in [0.25, 0.3) is 10.3 Å². The Morgan fingerprint density at radius 2 is 1.87 bits per heavy atom. The first kappa shape index (κ1) is 22.0. The van der Waals surface area contributed by atoms with Crippen molar-refractivity contribution in [2.75, 3.05) is 57.3 Å². The smallest absolute Gasteiger partial charge is 0.223 e. The molecular weight excluding hydrogens is 412 g/mol. The van der Waals surface area contributed by atoms with E-state index in [1.54, 1.807) is 17.5 Å². The van der Waals surface area contributed by atoms with Crippen LogP contribution in [0.1, 0.15) is 38.5 Å². The standard InChI is InChI=1S/C22H32N6O2S/c29-19(23-10-15-26-11-2-1-3-12-26)7-8-20(30)27-13-5-14-28(17-16-27)22-25-18-6-4-9-24-21(18)31-22/h4,6,9H,1-3,5,7-8,10-17H2,(H,23,29). The molecule has 0 unspecified atom stereocenters. The zero-order valence-electron chi connectivity index (χ0n) is 18.1. The molecule has 0 saturated carbocycles. The van der Waals surface area contributed by atoms with E-state index in [-0.39, 0.29) is 24.7 Å². The molecule has 2 amide bonds. The van der Waals surface area contributed by atoms with Gasteiger partial charge in [0.25, 0.3) is 0 Å². The van der Waals surface area contributed by atoms with Gasteiger partial charge >= 0.3 is 0 Å². The molecule has 2 fully saturated rings. The summed E-state index contributed by atoms with van der Waals surface area (Å²) >= 11 is 1.60. The number of carbonyl (C=O) groups is 2. The zero-order valence-corrected chi connectivity index (χ0v) is 18.9. The van der Waals surface area contributed by atoms with E-state index in [4.69, 9.17) is 4.98 Å². The van der Waals surface area contributed by atoms with E-state index in [2.05, 4.69) is 20.1 Å². The number of piperidine rings is 1. The lowest BCUT2D eigenvalue weighted by Gasteiger charge is -2.26. The quantitative estimate of drug-likeness (QED) is 0.705. The average Bonchev–Trinajstić information content (AvgIpc) is 3.07. The number of carbonyl (C=O) groups excluding carboxylic acids is 2. The minimum Gasteiger partial charge on any atom is -0.355 e. The number of fused-ring (bicyclic) bond motifs is 1. The number of thiazole rings is 1. The minimum atomic E-state index is -0.0243. The number of nitrogens with zero attached hydrogens (tertiary/aromatic N) is 5. The minimum absolute atomic E-state index is 0.0243. The molecule has 31 heavy (non-hydrogen) atoms. The van der Waals surface area contributed by atoms with Gasteiger partial charge in [0.05, 0.1) is 0 Å². The topological polar surface area (TPSA) is 81.7 Å². The highest BCUT2D eigenvalue weighted by atomic mass is 32.1. The van der Waals surface area contributed by atoms with Crippen LogP contribution < -0.4 is 10.2 Å². The molecule has 0 bridgehead atoms. The lowest BCUT2D eigenvalue weighted by Crippen LogP contribution is -2.38. The van der Waals surface area contributed by atoms with Crippen molar-refractivity contribution < 1.29 is 9.59 Å². The lowest BCUT2D eigenvalue weighted by molar-refractivity contribution is -0.133. The predicted octanol–water partition coefficient (Wildman–Crippen LogP) is 2.11. The molecule has 2 aromatic rings. The average molecular weight is 445 g/mol. The molecule has 9 heteroatoms. The monoisotopic (exact) mass is 444 g/mol. The fraction of sp³-hybridized carbons (Fsp3) is 0.636. The highest BCUT2D eigenvalue weighted by Crippen LogP contribution is 2.27. The maximum atomic E-state index is 12.7. The van der Waals surface area contributed by atoms with Crippen molar-refractivity contribution in [2.45, 2.75) is 38.5 Å². The molecule has 4 rings (SSSR count). The van der Waals surface area contributed by atoms with Crippen LogP contribution in [0, 0.1) is 0 Å². The first-order chi connectivity index (χ1) is 15.2. The summed E-state index contributed by atoms with van der Waals surface area (Å²) in [5.74, 6) is 0.0442. The van der Waals surface area contributed by atoms with Gasteiger partial charge in [0.2, 0.25) is 11.8 Å². The summed E-state index contributed by atoms with van der Waals surface area (Å²) < 4.78 is 0. The molecule has 168 valence electrons. The predicted molar refractivity (Wildman–Crippen MR) is 123 cm³/mol. The molecule has 2 saturated heterocycles. The maximum Gasteiger partial charge on any atom is 0.223 e. The Morgan fingerprint density at radius 1 is 1.00 bits per heavy atom. The molecule has 2 aliphatic heterocycles. The van der Waals surface area contributed by atoms with E-state index >= 15 is 0 Å². The summed E-state index contributed by atoms with van der Waals surface area (Å²) in [5.41, 5.74) is 0.922. The molecule has 0 aliphatic carbocycles. The summed E-state index contributed by atoms with van der Waals surface area (Å²) in [6.07, 6.45) is 7.06. The third-order valence-electron chi connectivity index (χ3n) is 6.04. The van der Waals surface area contributed by atoms with E-state index in [0.717, 1.165) is 61.2 Å². The van der Waals surface area contributed by atoms with Crippen LogP contribution in [0.2, 0.25) is 0 Å². The van der Waals surface area contributed by atoms with Crippen molar-refractivity contribution in [3.05, 3.63) is 18.3 Å². The summed E-state index contributed by atoms with van der Waals surface area (Å²) in [6, 6.07) is 3.88. The third kappa shape index (κ3) is 6.13. The molecule has 0 aromatic carbocycles. The number of nitrogens with one attached hydrogen (secondary N) is 1. The van der Waals surface area contributed by atoms with Crippen molar-refractivity contribution in [3.8, 4) is 0 Å². The zero-order chi connectivity index (χ0) is 21.5. The van der Waals surface area contributed by atoms with Crippen molar-refractivity contribution in [1.29, 1.82) is 0 Å². The van der Waals surface area contributed by atoms with Gasteiger partial charge in [0.1, 0.15) is 10.3 Å². The Kier molecular flexibility index (Phi) is 7.69. The van der Waals surface area contributed by atoms with Gasteiger partial charge in [-0.2, -0.15) is 0 Å². The summed E-state index contributed by atoms with van der Waals surface area (Å²) in [6.45, 7) is 6.87. The van der Waals surface area contributed by atoms with Crippen molar-refractivity contribution in [1.82, 2.24) is 25.1 Å². The molecule has 1 N–H and O–H groups in total. The van der Waals surface area contributed by atoms with Crippen LogP contribution in [0.5, 0.6) is 0 Å². The normalized spacial score (nSPS) is 18.2. The van der Waals surface area contributed by atoms with Gasteiger partial charge in [-0.1, -0.05) is 17.8 Å². The first-order valence-corrected chi connectivity index (χ1v) is 12.2. The van der Waals surface area contributed by atoms with Crippen LogP contribution in [0.15, 0.2) is 18.3 Å². The molecule has 2 aliphatic rings. The lowest BCUT2D eigenvalue weighted by atomic mass is 10.1. The van der Waals surface area contributed by atoms with Crippen LogP contribution in [-0.4, -0.2) is 83.9 Å². The molecular formula is C22H32N6O2S. The van der Waals surface area contributed by atoms with Gasteiger partial charge in [-0.25, -0.2) is 9.97 Å². The third-order valence-corrected chi connectivity index (χ3v) is 7.08. The second-order valence-corrected chi connectivity index (χ2v) is 9.25. The second-order valence-electron chi connectivity index (χ2n) is 8.30. The van der Waals surface area contributed by atoms with Crippen molar-refractivity contribution in [2.24, 2.45) is 0 Å². The number of anilines is 1. The number of hydrogen-bond acceptors (Lipinski definition) is 7. The molecule has 2 aromatic heterocycles. The maximum absolute atomic E-state index is 12.7. The van der Waals surface area contributed by atoms with Crippen LogP contribution in [0.3, 0.4) is 0 Å². The highest BCUT2D eigenvalue weighted by Gasteiger charge is 2.21. The Bertz CT molecular complexity index is 849. The van der Waals surface area contributed by atoms with E-state index in [1.807, 2.05) is 17.0 Å². The molecule has 0 atom stereocenters. The van der Waals surface area contributed by atoms with E-state index < -0.39 is 0 Å². The summed E-state index contributed by atoms with van der Waals surface area (Å²) in [5, 5.41) is 3.94. The Labute approximate surface area is 187 Å². The fourth-order valence-electron chi connectivity index (χ4n) is 4.26. The van der Waals surface area contributed by atoms with Gasteiger partial charge in [0, 0.05) is 58.3 Å². The number of aromatic nitrogens is 2. The largest absolute Gasteiger partial charge is 0.355 e. The Balaban J connectivity index is 1.18. The molecule has 0 spiro atoms. The summed E-state index contributed by atoms with van der Waals surface area (Å²) in [7, 11) is 0. The van der Waals surface area contributed by atoms with Crippen LogP contribution in [-0.2, 0) is 9.59 Å². The number of hydrogen-bond donors (Lipinski definition) is 1. The summed E-state index contributed by atoms with van der Waals surface area (Å²) in [4.78, 5) is 41.4. The van der Waals surface area contributed by atoms with Crippen molar-refractivity contribution in [3.63, 3.8) is 0 Å². The first-order valence-electron chi connectivity index (χ1n) is 11.4. The number of amides is 2. The van der Waals surface area contributed by atoms with Gasteiger partial charge in [-0.15, -0.1) is 0 Å². The van der Waals surface area contributed by atoms with Gasteiger partial charge in [-0.3, -0.25) is 9.59 Å². The fourth-order valence-corrected chi connectivity index (χ4v) is 5.22. The van der Waals surface area contributed by atoms with E-state index in [1.165, 1.54) is 19.3 Å². The van der Waals surface area contributed by atoms with Gasteiger partial charge in [0.15, 0.2) is 5.13 Å². The van der Waals surface area contributed by atoms with E-state index in [9.17, 15) is 9.59 Å². The van der Waals surface area contributed by atoms with E-state index in [0.29, 0.717) is 13.1 Å².